The minimum Gasteiger partial charge on any atom is -0.365 e. The molecule has 3 heterocycles. The highest BCUT2D eigenvalue weighted by atomic mass is 19.1. The molecule has 1 amide bonds. The highest BCUT2D eigenvalue weighted by Crippen LogP contribution is 2.21. The third-order valence-corrected chi connectivity index (χ3v) is 5.57. The van der Waals surface area contributed by atoms with Gasteiger partial charge in [-0.2, -0.15) is 4.39 Å². The van der Waals surface area contributed by atoms with Crippen molar-refractivity contribution in [2.75, 3.05) is 44.8 Å². The quantitative estimate of drug-likeness (QED) is 0.564. The van der Waals surface area contributed by atoms with Crippen LogP contribution in [0.1, 0.15) is 21.7 Å². The number of aromatic nitrogens is 3. The summed E-state index contributed by atoms with van der Waals surface area (Å²) in [6.45, 7) is 2.74. The predicted octanol–water partition coefficient (Wildman–Crippen LogP) is 1.65. The minimum atomic E-state index is -0.655. The first-order chi connectivity index (χ1) is 15.5. The monoisotopic (exact) mass is 442 g/mol. The van der Waals surface area contributed by atoms with Crippen LogP contribution in [0.4, 0.5) is 14.5 Å². The predicted molar refractivity (Wildman–Crippen MR) is 117 cm³/mol. The number of pyridine rings is 1. The average molecular weight is 442 g/mol. The SMILES string of the molecule is CNC(=O)c1ccc(N2CCN(Cc3ccc4nc(CCF)c(=O)[nH]c4c3)CC2)c(F)n1. The standard InChI is InChI=1S/C22H24F2N6O2/c1-25-21(31)16-4-5-19(20(24)27-16)30-10-8-29(9-11-30)13-14-2-3-15-18(12-14)28-22(32)17(26-15)6-7-23/h2-5,12H,6-11,13H2,1H3,(H,25,31)(H,28,32). The number of aromatic amines is 1. The van der Waals surface area contributed by atoms with Crippen molar-refractivity contribution in [1.29, 1.82) is 0 Å². The van der Waals surface area contributed by atoms with Crippen LogP contribution in [0, 0.1) is 5.95 Å². The number of benzene rings is 1. The molecule has 0 saturated carbocycles. The summed E-state index contributed by atoms with van der Waals surface area (Å²) in [5, 5.41) is 2.43. The van der Waals surface area contributed by atoms with Gasteiger partial charge in [-0.15, -0.1) is 0 Å². The van der Waals surface area contributed by atoms with Gasteiger partial charge in [0.05, 0.1) is 23.4 Å². The summed E-state index contributed by atoms with van der Waals surface area (Å²) in [7, 11) is 1.47. The van der Waals surface area contributed by atoms with E-state index in [4.69, 9.17) is 0 Å². The fourth-order valence-corrected chi connectivity index (χ4v) is 3.85. The summed E-state index contributed by atoms with van der Waals surface area (Å²) in [5.74, 6) is -1.08. The third kappa shape index (κ3) is 4.59. The van der Waals surface area contributed by atoms with Crippen LogP contribution in [0.5, 0.6) is 0 Å². The van der Waals surface area contributed by atoms with Crippen molar-refractivity contribution in [3.05, 3.63) is 63.6 Å². The van der Waals surface area contributed by atoms with E-state index in [1.165, 1.54) is 13.1 Å². The smallest absolute Gasteiger partial charge is 0.270 e. The molecule has 1 aliphatic heterocycles. The Balaban J connectivity index is 1.41. The second-order valence-electron chi connectivity index (χ2n) is 7.65. The molecule has 0 radical (unpaired) electrons. The van der Waals surface area contributed by atoms with Crippen LogP contribution in [0.25, 0.3) is 11.0 Å². The molecule has 0 spiro atoms. The summed E-state index contributed by atoms with van der Waals surface area (Å²) in [4.78, 5) is 38.6. The van der Waals surface area contributed by atoms with Crippen molar-refractivity contribution in [3.8, 4) is 0 Å². The van der Waals surface area contributed by atoms with Crippen molar-refractivity contribution in [2.45, 2.75) is 13.0 Å². The van der Waals surface area contributed by atoms with E-state index < -0.39 is 18.5 Å². The molecule has 2 aromatic heterocycles. The highest BCUT2D eigenvalue weighted by Gasteiger charge is 2.21. The molecule has 0 aliphatic carbocycles. The van der Waals surface area contributed by atoms with Gasteiger partial charge in [0.15, 0.2) is 0 Å². The van der Waals surface area contributed by atoms with Crippen molar-refractivity contribution < 1.29 is 13.6 Å². The van der Waals surface area contributed by atoms with Crippen LogP contribution < -0.4 is 15.8 Å². The van der Waals surface area contributed by atoms with E-state index >= 15 is 0 Å². The number of hydrogen-bond acceptors (Lipinski definition) is 6. The Morgan fingerprint density at radius 3 is 2.62 bits per heavy atom. The van der Waals surface area contributed by atoms with Gasteiger partial charge in [0, 0.05) is 46.2 Å². The Labute approximate surface area is 183 Å². The third-order valence-electron chi connectivity index (χ3n) is 5.57. The van der Waals surface area contributed by atoms with Gasteiger partial charge in [0.25, 0.3) is 11.5 Å². The summed E-state index contributed by atoms with van der Waals surface area (Å²) < 4.78 is 27.0. The van der Waals surface area contributed by atoms with Gasteiger partial charge in [-0.1, -0.05) is 6.07 Å². The molecule has 168 valence electrons. The molecular formula is C22H24F2N6O2. The number of nitrogens with one attached hydrogen (secondary N) is 2. The molecule has 1 aliphatic rings. The second-order valence-corrected chi connectivity index (χ2v) is 7.65. The van der Waals surface area contributed by atoms with Gasteiger partial charge in [-0.25, -0.2) is 9.97 Å². The van der Waals surface area contributed by atoms with Gasteiger partial charge in [0.1, 0.15) is 11.4 Å². The molecule has 1 saturated heterocycles. The number of amides is 1. The van der Waals surface area contributed by atoms with Crippen LogP contribution >= 0.6 is 0 Å². The molecule has 32 heavy (non-hydrogen) atoms. The van der Waals surface area contributed by atoms with Crippen molar-refractivity contribution in [2.24, 2.45) is 0 Å². The summed E-state index contributed by atoms with van der Waals surface area (Å²) in [6, 6.07) is 8.77. The molecule has 3 aromatic rings. The Hall–Kier alpha value is -3.40. The Morgan fingerprint density at radius 2 is 1.94 bits per heavy atom. The Bertz CT molecular complexity index is 1190. The number of piperazine rings is 1. The fraction of sp³-hybridized carbons (Fsp3) is 0.364. The minimum absolute atomic E-state index is 0.00193. The zero-order chi connectivity index (χ0) is 22.7. The number of hydrogen-bond donors (Lipinski definition) is 2. The maximum Gasteiger partial charge on any atom is 0.270 e. The number of halogens is 2. The molecule has 1 aromatic carbocycles. The lowest BCUT2D eigenvalue weighted by Crippen LogP contribution is -2.46. The number of rotatable bonds is 6. The second kappa shape index (κ2) is 9.39. The van der Waals surface area contributed by atoms with Gasteiger partial charge in [-0.3, -0.25) is 18.9 Å². The van der Waals surface area contributed by atoms with E-state index in [-0.39, 0.29) is 23.4 Å². The number of H-pyrrole nitrogens is 1. The Morgan fingerprint density at radius 1 is 1.16 bits per heavy atom. The number of carbonyl (C=O) groups is 1. The average Bonchev–Trinajstić information content (AvgIpc) is 2.80. The zero-order valence-corrected chi connectivity index (χ0v) is 17.7. The van der Waals surface area contributed by atoms with E-state index in [0.717, 1.165) is 18.7 Å². The van der Waals surface area contributed by atoms with Crippen LogP contribution in [0.15, 0.2) is 35.1 Å². The van der Waals surface area contributed by atoms with Crippen molar-refractivity contribution in [1.82, 2.24) is 25.2 Å². The highest BCUT2D eigenvalue weighted by molar-refractivity contribution is 5.92. The van der Waals surface area contributed by atoms with Gasteiger partial charge in [0.2, 0.25) is 5.95 Å². The number of carbonyl (C=O) groups excluding carboxylic acids is 1. The molecule has 0 atom stereocenters. The van der Waals surface area contributed by atoms with Crippen molar-refractivity contribution >= 4 is 22.6 Å². The molecule has 4 rings (SSSR count). The van der Waals surface area contributed by atoms with E-state index in [1.54, 1.807) is 6.07 Å². The zero-order valence-electron chi connectivity index (χ0n) is 17.7. The molecule has 2 N–H and O–H groups in total. The van der Waals surface area contributed by atoms with Gasteiger partial charge in [-0.05, 0) is 29.8 Å². The first-order valence-electron chi connectivity index (χ1n) is 10.4. The fourth-order valence-electron chi connectivity index (χ4n) is 3.85. The Kier molecular flexibility index (Phi) is 6.40. The first-order valence-corrected chi connectivity index (χ1v) is 10.4. The number of aryl methyl sites for hydroxylation is 1. The topological polar surface area (TPSA) is 94.2 Å². The van der Waals surface area contributed by atoms with Crippen LogP contribution in [-0.4, -0.2) is 65.7 Å². The van der Waals surface area contributed by atoms with E-state index in [9.17, 15) is 18.4 Å². The maximum absolute atomic E-state index is 14.4. The van der Waals surface area contributed by atoms with Gasteiger partial charge >= 0.3 is 0 Å². The molecule has 0 unspecified atom stereocenters. The van der Waals surface area contributed by atoms with E-state index in [0.29, 0.717) is 36.4 Å². The van der Waals surface area contributed by atoms with Crippen LogP contribution in [-0.2, 0) is 13.0 Å². The summed E-state index contributed by atoms with van der Waals surface area (Å²) in [5.41, 5.74) is 2.55. The van der Waals surface area contributed by atoms with Gasteiger partial charge < -0.3 is 15.2 Å². The molecule has 8 nitrogen and oxygen atoms in total. The molecule has 1 fully saturated rings. The van der Waals surface area contributed by atoms with Crippen LogP contribution in [0.3, 0.4) is 0 Å². The van der Waals surface area contributed by atoms with Crippen molar-refractivity contribution in [3.63, 3.8) is 0 Å². The molecule has 10 heteroatoms. The number of fused-ring (bicyclic) bond motifs is 1. The number of anilines is 1. The lowest BCUT2D eigenvalue weighted by atomic mass is 10.1. The maximum atomic E-state index is 14.4. The molecular weight excluding hydrogens is 418 g/mol. The largest absolute Gasteiger partial charge is 0.365 e. The number of alkyl halides is 1. The lowest BCUT2D eigenvalue weighted by Gasteiger charge is -2.36. The molecule has 0 bridgehead atoms. The van der Waals surface area contributed by atoms with E-state index in [2.05, 4.69) is 25.2 Å². The summed E-state index contributed by atoms with van der Waals surface area (Å²) in [6.07, 6.45) is 0.00193. The van der Waals surface area contributed by atoms with E-state index in [1.807, 2.05) is 23.1 Å². The first kappa shape index (κ1) is 21.8. The lowest BCUT2D eigenvalue weighted by molar-refractivity contribution is 0.0957. The normalized spacial score (nSPS) is 14.7. The van der Waals surface area contributed by atoms with Crippen LogP contribution in [0.2, 0.25) is 0 Å². The summed E-state index contributed by atoms with van der Waals surface area (Å²) >= 11 is 0. The number of nitrogens with zero attached hydrogens (tertiary/aromatic N) is 4.